The summed E-state index contributed by atoms with van der Waals surface area (Å²) in [6, 6.07) is 0. The predicted octanol–water partition coefficient (Wildman–Crippen LogP) is 3.42. The number of thioether (sulfide) groups is 1. The van der Waals surface area contributed by atoms with Crippen LogP contribution in [0, 0.1) is 0 Å². The van der Waals surface area contributed by atoms with E-state index in [2.05, 4.69) is 12.6 Å². The van der Waals surface area contributed by atoms with Crippen molar-refractivity contribution in [1.82, 2.24) is 0 Å². The van der Waals surface area contributed by atoms with Crippen molar-refractivity contribution < 1.29 is 9.47 Å². The highest BCUT2D eigenvalue weighted by atomic mass is 32.2. The molecule has 0 aliphatic rings. The van der Waals surface area contributed by atoms with Crippen LogP contribution in [0.3, 0.4) is 0 Å². The average molecular weight is 315 g/mol. The van der Waals surface area contributed by atoms with Gasteiger partial charge in [-0.3, -0.25) is 0 Å². The Morgan fingerprint density at radius 3 is 2.25 bits per heavy atom. The van der Waals surface area contributed by atoms with Crippen molar-refractivity contribution in [1.29, 1.82) is 0 Å². The van der Waals surface area contributed by atoms with Crippen molar-refractivity contribution >= 4 is 73.8 Å². The summed E-state index contributed by atoms with van der Waals surface area (Å²) < 4.78 is 12.0. The lowest BCUT2D eigenvalue weighted by molar-refractivity contribution is 0.0214. The first kappa shape index (κ1) is 16.7. The quantitative estimate of drug-likeness (QED) is 0.615. The van der Waals surface area contributed by atoms with Gasteiger partial charge in [0.2, 0.25) is 4.38 Å². The Morgan fingerprint density at radius 1 is 1.25 bits per heavy atom. The van der Waals surface area contributed by atoms with E-state index in [9.17, 15) is 0 Å². The van der Waals surface area contributed by atoms with Gasteiger partial charge in [-0.2, -0.15) is 0 Å². The molecule has 0 aromatic heterocycles. The molecule has 92 valence electrons. The van der Waals surface area contributed by atoms with Crippen LogP contribution in [0.2, 0.25) is 0 Å². The third-order valence-electron chi connectivity index (χ3n) is 1.31. The second kappa shape index (κ2) is 8.77. The lowest BCUT2D eigenvalue weighted by Gasteiger charge is -2.16. The Bertz CT molecular complexity index is 277. The molecule has 16 heavy (non-hydrogen) atoms. The van der Waals surface area contributed by atoms with Crippen molar-refractivity contribution in [2.45, 2.75) is 33.0 Å². The van der Waals surface area contributed by atoms with Crippen LogP contribution in [0.25, 0.3) is 0 Å². The molecule has 0 spiro atoms. The number of ether oxygens (including phenoxy) is 2. The summed E-state index contributed by atoms with van der Waals surface area (Å²) in [5.74, 6) is 0. The number of hydrogen-bond donors (Lipinski definition) is 1. The van der Waals surface area contributed by atoms with E-state index in [1.807, 2.05) is 20.8 Å². The minimum Gasteiger partial charge on any atom is -0.473 e. The first-order valence-electron chi connectivity index (χ1n) is 4.60. The maximum absolute atomic E-state index is 5.41. The molecule has 0 fully saturated rings. The molecule has 0 aliphatic heterocycles. The summed E-state index contributed by atoms with van der Waals surface area (Å²) in [6.45, 7) is 6.32. The summed E-state index contributed by atoms with van der Waals surface area (Å²) in [5.41, 5.74) is 0. The SMILES string of the molecule is CC(C)OCC(C)OC(=S)SC(=S)C(=S)S. The number of thiocarbonyl (C=S) groups is 3. The molecule has 0 amide bonds. The molecule has 7 heteroatoms. The highest BCUT2D eigenvalue weighted by Gasteiger charge is 2.11. The van der Waals surface area contributed by atoms with Crippen LogP contribution >= 0.6 is 61.0 Å². The second-order valence-corrected chi connectivity index (χ2v) is 6.69. The van der Waals surface area contributed by atoms with Gasteiger partial charge in [-0.05, 0) is 44.8 Å². The molecular weight excluding hydrogens is 300 g/mol. The summed E-state index contributed by atoms with van der Waals surface area (Å²) in [5, 5.41) is 0. The van der Waals surface area contributed by atoms with Gasteiger partial charge in [0.1, 0.15) is 10.3 Å². The van der Waals surface area contributed by atoms with Gasteiger partial charge >= 0.3 is 0 Å². The summed E-state index contributed by atoms with van der Waals surface area (Å²) in [6.07, 6.45) is 0.0806. The van der Waals surface area contributed by atoms with Gasteiger partial charge in [-0.25, -0.2) is 0 Å². The fourth-order valence-electron chi connectivity index (χ4n) is 0.670. The van der Waals surface area contributed by atoms with E-state index < -0.39 is 0 Å². The average Bonchev–Trinajstić information content (AvgIpc) is 2.14. The van der Waals surface area contributed by atoms with Crippen molar-refractivity contribution in [3.05, 3.63) is 0 Å². The molecule has 0 rings (SSSR count). The second-order valence-electron chi connectivity index (χ2n) is 3.26. The lowest BCUT2D eigenvalue weighted by atomic mass is 10.4. The zero-order valence-electron chi connectivity index (χ0n) is 9.26. The van der Waals surface area contributed by atoms with Crippen molar-refractivity contribution in [2.75, 3.05) is 6.61 Å². The smallest absolute Gasteiger partial charge is 0.226 e. The van der Waals surface area contributed by atoms with Crippen LogP contribution < -0.4 is 0 Å². The number of thiol groups is 1. The van der Waals surface area contributed by atoms with E-state index in [-0.39, 0.29) is 12.2 Å². The first-order valence-corrected chi connectivity index (χ1v) is 7.09. The topological polar surface area (TPSA) is 18.5 Å². The highest BCUT2D eigenvalue weighted by molar-refractivity contribution is 8.43. The van der Waals surface area contributed by atoms with Crippen LogP contribution in [0.4, 0.5) is 0 Å². The molecule has 0 saturated carbocycles. The molecule has 0 N–H and O–H groups in total. The Kier molecular flexibility index (Phi) is 9.17. The monoisotopic (exact) mass is 314 g/mol. The molecule has 2 nitrogen and oxygen atoms in total. The van der Waals surface area contributed by atoms with Crippen LogP contribution in [-0.2, 0) is 9.47 Å². The van der Waals surface area contributed by atoms with E-state index in [4.69, 9.17) is 46.1 Å². The van der Waals surface area contributed by atoms with Crippen LogP contribution in [0.5, 0.6) is 0 Å². The summed E-state index contributed by atoms with van der Waals surface area (Å²) >= 11 is 19.9. The molecule has 0 aromatic carbocycles. The third-order valence-corrected chi connectivity index (χ3v) is 3.75. The van der Waals surface area contributed by atoms with Gasteiger partial charge in [-0.1, -0.05) is 24.4 Å². The molecule has 1 unspecified atom stereocenters. The molecule has 0 saturated heterocycles. The first-order chi connectivity index (χ1) is 7.32. The van der Waals surface area contributed by atoms with Crippen LogP contribution in [0.15, 0.2) is 0 Å². The predicted molar refractivity (Wildman–Crippen MR) is 86.0 cm³/mol. The van der Waals surface area contributed by atoms with Gasteiger partial charge < -0.3 is 9.47 Å². The lowest BCUT2D eigenvalue weighted by Crippen LogP contribution is -2.21. The Labute approximate surface area is 122 Å². The zero-order chi connectivity index (χ0) is 12.7. The minimum absolute atomic E-state index is 0.0984. The Hall–Kier alpha value is 0.730. The van der Waals surface area contributed by atoms with Crippen molar-refractivity contribution in [3.8, 4) is 0 Å². The van der Waals surface area contributed by atoms with E-state index in [0.717, 1.165) is 11.8 Å². The molecule has 0 radical (unpaired) electrons. The molecule has 0 bridgehead atoms. The van der Waals surface area contributed by atoms with Crippen LogP contribution in [0.1, 0.15) is 20.8 Å². The van der Waals surface area contributed by atoms with Gasteiger partial charge in [0, 0.05) is 0 Å². The molecule has 0 aliphatic carbocycles. The highest BCUT2D eigenvalue weighted by Crippen LogP contribution is 2.14. The summed E-state index contributed by atoms with van der Waals surface area (Å²) in [7, 11) is 0. The van der Waals surface area contributed by atoms with E-state index in [0.29, 0.717) is 19.4 Å². The molecule has 1 atom stereocenters. The summed E-state index contributed by atoms with van der Waals surface area (Å²) in [4.78, 5) is 0. The Balaban J connectivity index is 3.87. The van der Waals surface area contributed by atoms with Gasteiger partial charge in [0.25, 0.3) is 0 Å². The fraction of sp³-hybridized carbons (Fsp3) is 0.667. The molecule has 0 aromatic rings. The van der Waals surface area contributed by atoms with E-state index in [1.54, 1.807) is 0 Å². The van der Waals surface area contributed by atoms with Crippen molar-refractivity contribution in [3.63, 3.8) is 0 Å². The Morgan fingerprint density at radius 2 is 1.81 bits per heavy atom. The third kappa shape index (κ3) is 8.83. The number of hydrogen-bond acceptors (Lipinski definition) is 6. The van der Waals surface area contributed by atoms with Crippen LogP contribution in [-0.4, -0.2) is 31.6 Å². The van der Waals surface area contributed by atoms with Gasteiger partial charge in [0.15, 0.2) is 0 Å². The zero-order valence-corrected chi connectivity index (χ0v) is 13.4. The normalized spacial score (nSPS) is 12.3. The van der Waals surface area contributed by atoms with Crippen molar-refractivity contribution in [2.24, 2.45) is 0 Å². The molecule has 0 heterocycles. The minimum atomic E-state index is -0.0984. The van der Waals surface area contributed by atoms with Gasteiger partial charge in [0.05, 0.1) is 16.9 Å². The maximum Gasteiger partial charge on any atom is 0.226 e. The largest absolute Gasteiger partial charge is 0.473 e. The van der Waals surface area contributed by atoms with Gasteiger partial charge in [-0.15, -0.1) is 12.6 Å². The molecular formula is C9H14O2S5. The number of rotatable bonds is 5. The fourth-order valence-corrected chi connectivity index (χ4v) is 2.18. The van der Waals surface area contributed by atoms with E-state index >= 15 is 0 Å². The van der Waals surface area contributed by atoms with E-state index in [1.165, 1.54) is 0 Å². The maximum atomic E-state index is 5.41. The standard InChI is InChI=1S/C9H14O2S5/c1-5(2)10-4-6(3)11-9(15)16-8(14)7(12)13/h5-6H,4H2,1-3H3,(H,12,13).